The smallest absolute Gasteiger partial charge is 0.203 e. The average Bonchev–Trinajstić information content (AvgIpc) is 2.49. The number of aryl methyl sites for hydroxylation is 1. The van der Waals surface area contributed by atoms with Crippen LogP contribution < -0.4 is 19.4 Å². The van der Waals surface area contributed by atoms with Gasteiger partial charge < -0.3 is 19.3 Å². The Balaban J connectivity index is 0. The van der Waals surface area contributed by atoms with Gasteiger partial charge in [-0.25, -0.2) is 0 Å². The molecule has 0 atom stereocenters. The Morgan fingerprint density at radius 2 is 1.46 bits per heavy atom. The number of benzene rings is 2. The van der Waals surface area contributed by atoms with Crippen molar-refractivity contribution in [3.05, 3.63) is 29.8 Å². The molecule has 8 heteroatoms. The van der Waals surface area contributed by atoms with E-state index < -0.39 is 0 Å². The van der Waals surface area contributed by atoms with E-state index in [4.69, 9.17) is 14.2 Å². The summed E-state index contributed by atoms with van der Waals surface area (Å²) in [5.41, 5.74) is 2.57. The molecule has 24 heavy (non-hydrogen) atoms. The van der Waals surface area contributed by atoms with Crippen LogP contribution in [0.3, 0.4) is 0 Å². The van der Waals surface area contributed by atoms with Gasteiger partial charge >= 0.3 is 0 Å². The first-order chi connectivity index (χ1) is 10.0. The fourth-order valence-corrected chi connectivity index (χ4v) is 2.57. The Morgan fingerprint density at radius 1 is 0.875 bits per heavy atom. The molecule has 0 aliphatic heterocycles. The van der Waals surface area contributed by atoms with Crippen molar-refractivity contribution in [1.82, 2.24) is 0 Å². The summed E-state index contributed by atoms with van der Waals surface area (Å²) in [6, 6.07) is 7.34. The monoisotopic (exact) mass is 421 g/mol. The predicted octanol–water partition coefficient (Wildman–Crippen LogP) is 3.03. The molecule has 0 bridgehead atoms. The zero-order valence-electron chi connectivity index (χ0n) is 13.8. The van der Waals surface area contributed by atoms with E-state index in [0.29, 0.717) is 22.4 Å². The summed E-state index contributed by atoms with van der Waals surface area (Å²) in [5, 5.41) is 10.6. The first-order valence-electron chi connectivity index (χ1n) is 6.38. The van der Waals surface area contributed by atoms with E-state index in [9.17, 15) is 5.11 Å². The molecule has 0 heterocycles. The van der Waals surface area contributed by atoms with Crippen molar-refractivity contribution in [3.8, 4) is 34.1 Å². The van der Waals surface area contributed by atoms with Gasteiger partial charge in [-0.15, -0.1) is 24.8 Å². The minimum Gasteiger partial charge on any atom is -0.508 e. The van der Waals surface area contributed by atoms with Crippen LogP contribution in [0, 0.1) is 6.92 Å². The average molecular weight is 422 g/mol. The fourth-order valence-electron chi connectivity index (χ4n) is 2.29. The Morgan fingerprint density at radius 3 is 1.96 bits per heavy atom. The molecule has 0 aliphatic rings. The third kappa shape index (κ3) is 4.83. The van der Waals surface area contributed by atoms with Crippen LogP contribution in [0.5, 0.6) is 23.0 Å². The maximum Gasteiger partial charge on any atom is 0.203 e. The van der Waals surface area contributed by atoms with Gasteiger partial charge in [0.15, 0.2) is 11.5 Å². The molecule has 4 nitrogen and oxygen atoms in total. The maximum absolute atomic E-state index is 9.99. The molecule has 0 unspecified atom stereocenters. The number of phenolic OH excluding ortho intramolecular Hbond substituents is 1. The normalized spacial score (nSPS) is 9.04. The Bertz CT molecular complexity index is 684. The summed E-state index contributed by atoms with van der Waals surface area (Å²) in [5.74, 6) is 1.84. The molecule has 3 radical (unpaired) electrons. The molecule has 0 amide bonds. The molecule has 2 aromatic carbocycles. The molecular formula is C16H19Cl2O4SiTi. The van der Waals surface area contributed by atoms with E-state index in [1.165, 1.54) is 0 Å². The Kier molecular flexibility index (Phi) is 11.5. The topological polar surface area (TPSA) is 47.9 Å². The van der Waals surface area contributed by atoms with Crippen molar-refractivity contribution in [1.29, 1.82) is 0 Å². The van der Waals surface area contributed by atoms with Crippen LogP contribution in [0.4, 0.5) is 0 Å². The van der Waals surface area contributed by atoms with E-state index in [1.54, 1.807) is 27.4 Å². The molecule has 0 spiro atoms. The Labute approximate surface area is 173 Å². The van der Waals surface area contributed by atoms with E-state index in [-0.39, 0.29) is 52.3 Å². The first-order valence-corrected chi connectivity index (χ1v) is 6.88. The zero-order chi connectivity index (χ0) is 15.6. The van der Waals surface area contributed by atoms with E-state index in [2.05, 4.69) is 10.2 Å². The van der Waals surface area contributed by atoms with Crippen LogP contribution in [-0.2, 0) is 21.7 Å². The summed E-state index contributed by atoms with van der Waals surface area (Å²) in [6.45, 7) is 1.92. The SMILES string of the molecule is COc1ccc(-c2cc(C)cc(O)c2[Si])c(OC)c1OC.Cl.Cl.[Ti]. The number of hydrogen-bond donors (Lipinski definition) is 1. The standard InChI is InChI=1S/C16H17O4Si.2ClH.Ti/c1-9-7-11(16(21)12(17)8-9)10-5-6-13(18-2)15(20-4)14(10)19-3;;;/h5-8,17H,1-4H3;2*1H;. The molecule has 1 N–H and O–H groups in total. The second-order valence-corrected chi connectivity index (χ2v) is 5.09. The molecule has 0 saturated carbocycles. The number of halogens is 2. The van der Waals surface area contributed by atoms with Gasteiger partial charge in [0.2, 0.25) is 5.75 Å². The van der Waals surface area contributed by atoms with Crippen molar-refractivity contribution < 1.29 is 41.0 Å². The molecule has 2 aromatic rings. The Hall–Kier alpha value is -0.849. The minimum atomic E-state index is 0. The van der Waals surface area contributed by atoms with Crippen LogP contribution >= 0.6 is 24.8 Å². The van der Waals surface area contributed by atoms with Gasteiger partial charge in [-0.1, -0.05) is 6.07 Å². The molecule has 0 fully saturated rings. The van der Waals surface area contributed by atoms with E-state index in [0.717, 1.165) is 16.7 Å². The molecule has 0 aliphatic carbocycles. The summed E-state index contributed by atoms with van der Waals surface area (Å²) >= 11 is 0. The van der Waals surface area contributed by atoms with Gasteiger partial charge in [0.25, 0.3) is 0 Å². The van der Waals surface area contributed by atoms with E-state index in [1.807, 2.05) is 25.1 Å². The summed E-state index contributed by atoms with van der Waals surface area (Å²) in [4.78, 5) is 0. The van der Waals surface area contributed by atoms with Gasteiger partial charge in [-0.2, -0.15) is 0 Å². The first kappa shape index (κ1) is 25.4. The molecular weight excluding hydrogens is 403 g/mol. The number of ether oxygens (including phenoxy) is 3. The van der Waals surface area contributed by atoms with Crippen molar-refractivity contribution in [2.45, 2.75) is 6.92 Å². The number of hydrogen-bond acceptors (Lipinski definition) is 4. The van der Waals surface area contributed by atoms with Crippen LogP contribution in [0.25, 0.3) is 11.1 Å². The quantitative estimate of drug-likeness (QED) is 0.770. The number of methoxy groups -OCH3 is 3. The van der Waals surface area contributed by atoms with Crippen molar-refractivity contribution in [2.75, 3.05) is 21.3 Å². The predicted molar refractivity (Wildman–Crippen MR) is 97.8 cm³/mol. The molecule has 0 saturated heterocycles. The second kappa shape index (κ2) is 10.9. The van der Waals surface area contributed by atoms with Crippen LogP contribution in [-0.4, -0.2) is 36.7 Å². The second-order valence-electron chi connectivity index (χ2n) is 4.59. The maximum atomic E-state index is 9.99. The molecule has 129 valence electrons. The van der Waals surface area contributed by atoms with Crippen molar-refractivity contribution >= 4 is 40.2 Å². The number of aromatic hydroxyl groups is 1. The van der Waals surface area contributed by atoms with Crippen LogP contribution in [0.1, 0.15) is 5.56 Å². The fraction of sp³-hybridized carbons (Fsp3) is 0.250. The van der Waals surface area contributed by atoms with Crippen molar-refractivity contribution in [3.63, 3.8) is 0 Å². The van der Waals surface area contributed by atoms with E-state index >= 15 is 0 Å². The summed E-state index contributed by atoms with van der Waals surface area (Å²) in [7, 11) is 8.19. The van der Waals surface area contributed by atoms with Gasteiger partial charge in [-0.3, -0.25) is 0 Å². The van der Waals surface area contributed by atoms with Gasteiger partial charge in [-0.05, 0) is 41.4 Å². The van der Waals surface area contributed by atoms with Gasteiger partial charge in [0.05, 0.1) is 31.6 Å². The summed E-state index contributed by atoms with van der Waals surface area (Å²) < 4.78 is 16.2. The number of rotatable bonds is 4. The third-order valence-electron chi connectivity index (χ3n) is 3.26. The van der Waals surface area contributed by atoms with Crippen molar-refractivity contribution in [2.24, 2.45) is 0 Å². The molecule has 2 rings (SSSR count). The number of phenols is 1. The minimum absolute atomic E-state index is 0. The third-order valence-corrected chi connectivity index (χ3v) is 3.78. The zero-order valence-corrected chi connectivity index (χ0v) is 18.0. The largest absolute Gasteiger partial charge is 0.508 e. The van der Waals surface area contributed by atoms with Gasteiger partial charge in [0.1, 0.15) is 5.75 Å². The molecule has 0 aromatic heterocycles. The van der Waals surface area contributed by atoms with Crippen LogP contribution in [0.15, 0.2) is 24.3 Å². The summed E-state index contributed by atoms with van der Waals surface area (Å²) in [6.07, 6.45) is 0. The van der Waals surface area contributed by atoms with Crippen LogP contribution in [0.2, 0.25) is 0 Å². The van der Waals surface area contributed by atoms with Gasteiger partial charge in [0, 0.05) is 27.3 Å².